The van der Waals surface area contributed by atoms with Crippen LogP contribution in [0.15, 0.2) is 10.9 Å². The van der Waals surface area contributed by atoms with Crippen LogP contribution in [-0.4, -0.2) is 15.1 Å². The van der Waals surface area contributed by atoms with Gasteiger partial charge < -0.3 is 10.3 Å². The van der Waals surface area contributed by atoms with Crippen LogP contribution in [0, 0.1) is 0 Å². The molecule has 42 valence electrons. The maximum absolute atomic E-state index is 5.10. The van der Waals surface area contributed by atoms with E-state index in [1.807, 2.05) is 0 Å². The van der Waals surface area contributed by atoms with Crippen LogP contribution in [-0.2, 0) is 0 Å². The summed E-state index contributed by atoms with van der Waals surface area (Å²) in [6.45, 7) is 0. The number of rotatable bonds is 1. The largest absolute Gasteiger partial charge is 0.387 e. The van der Waals surface area contributed by atoms with Gasteiger partial charge in [-0.3, -0.25) is 0 Å². The van der Waals surface area contributed by atoms with Gasteiger partial charge in [0.25, 0.3) is 0 Å². The summed E-state index contributed by atoms with van der Waals surface area (Å²) in [5.41, 5.74) is 5.10. The molecule has 0 unspecified atom stereocenters. The molecular weight excluding hydrogens is 126 g/mol. The number of thiocarbonyl (C=S) groups is 1. The second kappa shape index (κ2) is 1.87. The fourth-order valence-electron chi connectivity index (χ4n) is 0.279. The summed E-state index contributed by atoms with van der Waals surface area (Å²) in [6, 6.07) is 0. The first-order valence-corrected chi connectivity index (χ1v) is 2.27. The zero-order valence-electron chi connectivity index (χ0n) is 3.87. The molecule has 0 aliphatic carbocycles. The van der Waals surface area contributed by atoms with Crippen molar-refractivity contribution in [3.8, 4) is 0 Å². The van der Waals surface area contributed by atoms with Gasteiger partial charge in [-0.15, -0.1) is 0 Å². The molecule has 0 aliphatic rings. The van der Waals surface area contributed by atoms with E-state index in [2.05, 4.69) is 26.9 Å². The SMILES string of the molecule is NC(=S)c1ncon1. The quantitative estimate of drug-likeness (QED) is 0.527. The average Bonchev–Trinajstić information content (AvgIpc) is 2.12. The highest BCUT2D eigenvalue weighted by Gasteiger charge is 1.97. The van der Waals surface area contributed by atoms with Gasteiger partial charge in [-0.1, -0.05) is 17.4 Å². The third kappa shape index (κ3) is 0.812. The van der Waals surface area contributed by atoms with E-state index in [0.29, 0.717) is 0 Å². The van der Waals surface area contributed by atoms with E-state index >= 15 is 0 Å². The zero-order chi connectivity index (χ0) is 5.98. The molecule has 0 radical (unpaired) electrons. The van der Waals surface area contributed by atoms with Crippen LogP contribution in [0.2, 0.25) is 0 Å². The molecule has 0 amide bonds. The molecule has 4 nitrogen and oxygen atoms in total. The summed E-state index contributed by atoms with van der Waals surface area (Å²) in [5.74, 6) is 0.278. The highest BCUT2D eigenvalue weighted by molar-refractivity contribution is 7.80. The highest BCUT2D eigenvalue weighted by Crippen LogP contribution is 1.84. The van der Waals surface area contributed by atoms with Crippen molar-refractivity contribution >= 4 is 17.2 Å². The lowest BCUT2D eigenvalue weighted by atomic mass is 10.6. The predicted molar refractivity (Wildman–Crippen MR) is 30.2 cm³/mol. The van der Waals surface area contributed by atoms with Gasteiger partial charge in [0, 0.05) is 0 Å². The first-order chi connectivity index (χ1) is 3.80. The minimum absolute atomic E-state index is 0.152. The minimum Gasteiger partial charge on any atom is -0.387 e. The lowest BCUT2D eigenvalue weighted by molar-refractivity contribution is 0.415. The van der Waals surface area contributed by atoms with Crippen LogP contribution in [0.25, 0.3) is 0 Å². The molecule has 1 rings (SSSR count). The van der Waals surface area contributed by atoms with Crippen LogP contribution < -0.4 is 5.73 Å². The smallest absolute Gasteiger partial charge is 0.229 e. The highest BCUT2D eigenvalue weighted by atomic mass is 32.1. The van der Waals surface area contributed by atoms with E-state index in [0.717, 1.165) is 0 Å². The third-order valence-electron chi connectivity index (χ3n) is 0.582. The number of nitrogens with zero attached hydrogens (tertiary/aromatic N) is 2. The van der Waals surface area contributed by atoms with E-state index < -0.39 is 0 Å². The van der Waals surface area contributed by atoms with E-state index in [-0.39, 0.29) is 10.8 Å². The summed E-state index contributed by atoms with van der Waals surface area (Å²) in [6.07, 6.45) is 1.18. The Balaban J connectivity index is 2.93. The van der Waals surface area contributed by atoms with Gasteiger partial charge in [0.1, 0.15) is 4.99 Å². The summed E-state index contributed by atoms with van der Waals surface area (Å²) < 4.78 is 4.35. The molecule has 0 atom stereocenters. The van der Waals surface area contributed by atoms with Crippen molar-refractivity contribution < 1.29 is 4.52 Å². The Morgan fingerprint density at radius 1 is 1.88 bits per heavy atom. The summed E-state index contributed by atoms with van der Waals surface area (Å²) in [5, 5.41) is 3.36. The van der Waals surface area contributed by atoms with Crippen molar-refractivity contribution in [2.45, 2.75) is 0 Å². The summed E-state index contributed by atoms with van der Waals surface area (Å²) >= 11 is 4.51. The van der Waals surface area contributed by atoms with Crippen LogP contribution in [0.5, 0.6) is 0 Å². The van der Waals surface area contributed by atoms with Crippen molar-refractivity contribution in [1.29, 1.82) is 0 Å². The Morgan fingerprint density at radius 2 is 2.62 bits per heavy atom. The molecule has 1 aromatic rings. The van der Waals surface area contributed by atoms with Crippen LogP contribution >= 0.6 is 12.2 Å². The first-order valence-electron chi connectivity index (χ1n) is 1.87. The molecule has 0 spiro atoms. The molecular formula is C3H3N3OS. The van der Waals surface area contributed by atoms with Gasteiger partial charge >= 0.3 is 0 Å². The van der Waals surface area contributed by atoms with Crippen LogP contribution in [0.3, 0.4) is 0 Å². The normalized spacial score (nSPS) is 9.00. The topological polar surface area (TPSA) is 64.9 Å². The molecule has 0 aromatic carbocycles. The minimum atomic E-state index is 0.152. The van der Waals surface area contributed by atoms with Crippen LogP contribution in [0.4, 0.5) is 0 Å². The number of hydrogen-bond donors (Lipinski definition) is 1. The third-order valence-corrected chi connectivity index (χ3v) is 0.764. The number of hydrogen-bond acceptors (Lipinski definition) is 4. The van der Waals surface area contributed by atoms with Crippen LogP contribution in [0.1, 0.15) is 5.82 Å². The lowest BCUT2D eigenvalue weighted by Gasteiger charge is -1.79. The second-order valence-corrected chi connectivity index (χ2v) is 1.56. The summed E-state index contributed by atoms with van der Waals surface area (Å²) in [7, 11) is 0. The maximum Gasteiger partial charge on any atom is 0.229 e. The van der Waals surface area contributed by atoms with Gasteiger partial charge in [-0.25, -0.2) is 0 Å². The molecule has 0 bridgehead atoms. The van der Waals surface area contributed by atoms with Gasteiger partial charge in [-0.2, -0.15) is 4.98 Å². The van der Waals surface area contributed by atoms with Crippen molar-refractivity contribution in [1.82, 2.24) is 10.1 Å². The molecule has 0 fully saturated rings. The predicted octanol–water partition coefficient (Wildman–Crippen LogP) is -0.296. The Labute approximate surface area is 50.7 Å². The molecule has 0 saturated heterocycles. The summed E-state index contributed by atoms with van der Waals surface area (Å²) in [4.78, 5) is 3.72. The molecule has 0 aliphatic heterocycles. The van der Waals surface area contributed by atoms with Gasteiger partial charge in [0.05, 0.1) is 0 Å². The molecule has 1 aromatic heterocycles. The fourth-order valence-corrected chi connectivity index (χ4v) is 0.369. The number of nitrogens with two attached hydrogens (primary N) is 1. The zero-order valence-corrected chi connectivity index (χ0v) is 4.68. The van der Waals surface area contributed by atoms with Crippen molar-refractivity contribution in [3.05, 3.63) is 12.2 Å². The Hall–Kier alpha value is -0.970. The molecule has 1 heterocycles. The van der Waals surface area contributed by atoms with Gasteiger partial charge in [-0.05, 0) is 0 Å². The van der Waals surface area contributed by atoms with E-state index in [1.54, 1.807) is 0 Å². The molecule has 0 saturated carbocycles. The fraction of sp³-hybridized carbons (Fsp3) is 0. The molecule has 8 heavy (non-hydrogen) atoms. The molecule has 5 heteroatoms. The van der Waals surface area contributed by atoms with E-state index in [1.165, 1.54) is 6.39 Å². The maximum atomic E-state index is 5.10. The van der Waals surface area contributed by atoms with E-state index in [4.69, 9.17) is 5.73 Å². The first kappa shape index (κ1) is 5.17. The van der Waals surface area contributed by atoms with E-state index in [9.17, 15) is 0 Å². The van der Waals surface area contributed by atoms with Gasteiger partial charge in [0.2, 0.25) is 12.2 Å². The molecule has 2 N–H and O–H groups in total. The van der Waals surface area contributed by atoms with Crippen molar-refractivity contribution in [2.75, 3.05) is 0 Å². The van der Waals surface area contributed by atoms with Gasteiger partial charge in [0.15, 0.2) is 0 Å². The monoisotopic (exact) mass is 129 g/mol. The van der Waals surface area contributed by atoms with Crippen molar-refractivity contribution in [3.63, 3.8) is 0 Å². The standard InChI is InChI=1S/C3H3N3OS/c4-2(8)3-5-1-7-6-3/h1H,(H2,4,8). The Morgan fingerprint density at radius 3 is 2.88 bits per heavy atom. The lowest BCUT2D eigenvalue weighted by Crippen LogP contribution is -2.10. The average molecular weight is 129 g/mol. The Kier molecular flexibility index (Phi) is 1.21. The van der Waals surface area contributed by atoms with Crippen molar-refractivity contribution in [2.24, 2.45) is 5.73 Å². The second-order valence-electron chi connectivity index (χ2n) is 1.12. The Bertz CT molecular complexity index is 182. The number of aromatic nitrogens is 2.